The van der Waals surface area contributed by atoms with Gasteiger partial charge in [0.15, 0.2) is 11.4 Å². The Morgan fingerprint density at radius 2 is 1.89 bits per heavy atom. The Bertz CT molecular complexity index is 1320. The summed E-state index contributed by atoms with van der Waals surface area (Å²) in [5.41, 5.74) is 0.557. The van der Waals surface area contributed by atoms with E-state index in [1.54, 1.807) is 0 Å². The average Bonchev–Trinajstić information content (AvgIpc) is 2.81. The van der Waals surface area contributed by atoms with Crippen LogP contribution < -0.4 is 16.4 Å². The molecule has 37 heavy (non-hydrogen) atoms. The summed E-state index contributed by atoms with van der Waals surface area (Å²) in [4.78, 5) is 51.6. The number of halogens is 1. The van der Waals surface area contributed by atoms with Gasteiger partial charge in [-0.25, -0.2) is 9.18 Å². The molecular weight excluding hydrogens is 491 g/mol. The number of Topliss-reactive ketones (excluding diaryl/α,β-unsaturated/α-hetero) is 2. The second-order valence-electron chi connectivity index (χ2n) is 9.62. The molecule has 1 aromatic carbocycles. The fourth-order valence-corrected chi connectivity index (χ4v) is 5.75. The van der Waals surface area contributed by atoms with Gasteiger partial charge in [-0.3, -0.25) is 19.3 Å². The number of allylic oxidation sites excluding steroid dienone is 1. The molecule has 0 radical (unpaired) electrons. The number of phenols is 1. The van der Waals surface area contributed by atoms with Gasteiger partial charge in [0.2, 0.25) is 5.78 Å². The lowest BCUT2D eigenvalue weighted by Crippen LogP contribution is -2.63. The van der Waals surface area contributed by atoms with E-state index in [9.17, 15) is 39.6 Å². The number of carbonyl (C=O) groups excluding carboxylic acids is 4. The van der Waals surface area contributed by atoms with E-state index in [4.69, 9.17) is 5.73 Å². The number of primary amides is 1. The van der Waals surface area contributed by atoms with Gasteiger partial charge in [0.1, 0.15) is 28.7 Å². The van der Waals surface area contributed by atoms with E-state index >= 15 is 4.39 Å². The second-order valence-corrected chi connectivity index (χ2v) is 9.62. The number of ketones is 2. The zero-order chi connectivity index (χ0) is 27.6. The summed E-state index contributed by atoms with van der Waals surface area (Å²) in [6, 6.07) is -0.763. The Morgan fingerprint density at radius 1 is 1.24 bits per heavy atom. The number of nitrogens with zero attached hydrogens (tertiary/aromatic N) is 1. The van der Waals surface area contributed by atoms with Gasteiger partial charge in [0, 0.05) is 36.2 Å². The number of nitrogens with two attached hydrogens (primary N) is 1. The summed E-state index contributed by atoms with van der Waals surface area (Å²) in [7, 11) is 4.39. The number of benzene rings is 1. The van der Waals surface area contributed by atoms with Gasteiger partial charge in [0.25, 0.3) is 5.91 Å². The molecule has 4 rings (SSSR count). The van der Waals surface area contributed by atoms with Crippen LogP contribution in [0.5, 0.6) is 5.75 Å². The summed E-state index contributed by atoms with van der Waals surface area (Å²) < 4.78 is 15.5. The maximum Gasteiger partial charge on any atom is 0.314 e. The highest BCUT2D eigenvalue weighted by molar-refractivity contribution is 6.24. The monoisotopic (exact) mass is 518 g/mol. The number of urea groups is 1. The summed E-state index contributed by atoms with van der Waals surface area (Å²) in [5.74, 6) is -8.95. The molecule has 4 atom stereocenters. The van der Waals surface area contributed by atoms with Crippen molar-refractivity contribution in [2.75, 3.05) is 21.1 Å². The molecule has 0 unspecified atom stereocenters. The van der Waals surface area contributed by atoms with Crippen LogP contribution in [0.3, 0.4) is 0 Å². The Hall–Kier alpha value is -3.97. The topological polar surface area (TPSA) is 203 Å². The largest absolute Gasteiger partial charge is 0.510 e. The van der Waals surface area contributed by atoms with E-state index < -0.39 is 86.8 Å². The van der Waals surface area contributed by atoms with Crippen molar-refractivity contribution in [2.24, 2.45) is 17.6 Å². The zero-order valence-electron chi connectivity index (χ0n) is 20.3. The fourth-order valence-electron chi connectivity index (χ4n) is 5.75. The highest BCUT2D eigenvalue weighted by Crippen LogP contribution is 2.52. The van der Waals surface area contributed by atoms with E-state index in [-0.39, 0.29) is 30.5 Å². The van der Waals surface area contributed by atoms with Crippen LogP contribution in [0.2, 0.25) is 0 Å². The number of aliphatic hydroxyl groups is 3. The normalized spacial score (nSPS) is 27.0. The van der Waals surface area contributed by atoms with E-state index in [1.165, 1.54) is 26.0 Å². The van der Waals surface area contributed by atoms with Crippen molar-refractivity contribution < 1.29 is 44.0 Å². The molecule has 3 amide bonds. The van der Waals surface area contributed by atoms with Gasteiger partial charge >= 0.3 is 6.03 Å². The summed E-state index contributed by atoms with van der Waals surface area (Å²) in [6.45, 7) is -0.284. The lowest BCUT2D eigenvalue weighted by atomic mass is 9.58. The third kappa shape index (κ3) is 3.64. The molecule has 0 spiro atoms. The third-order valence-electron chi connectivity index (χ3n) is 7.40. The number of hydrogen-bond donors (Lipinski definition) is 7. The van der Waals surface area contributed by atoms with Crippen LogP contribution in [-0.4, -0.2) is 81.6 Å². The number of hydrogen-bond acceptors (Lipinski definition) is 9. The minimum absolute atomic E-state index is 0.0812. The Balaban J connectivity index is 1.88. The second kappa shape index (κ2) is 8.85. The van der Waals surface area contributed by atoms with Gasteiger partial charge in [0.05, 0.1) is 11.6 Å². The first kappa shape index (κ1) is 26.1. The van der Waals surface area contributed by atoms with Crippen LogP contribution in [0.15, 0.2) is 28.7 Å². The summed E-state index contributed by atoms with van der Waals surface area (Å²) in [5, 5.41) is 48.7. The van der Waals surface area contributed by atoms with Crippen LogP contribution in [0.25, 0.3) is 0 Å². The molecule has 0 saturated heterocycles. The van der Waals surface area contributed by atoms with Gasteiger partial charge in [-0.15, -0.1) is 0 Å². The number of carbonyl (C=O) groups is 4. The third-order valence-corrected chi connectivity index (χ3v) is 7.40. The van der Waals surface area contributed by atoms with E-state index in [2.05, 4.69) is 10.6 Å². The molecule has 0 saturated carbocycles. The molecular formula is C24H27FN4O8. The first-order valence-corrected chi connectivity index (χ1v) is 11.4. The molecule has 8 N–H and O–H groups in total. The van der Waals surface area contributed by atoms with Crippen LogP contribution in [0, 0.1) is 17.7 Å². The van der Waals surface area contributed by atoms with Gasteiger partial charge < -0.3 is 36.8 Å². The van der Waals surface area contributed by atoms with E-state index in [0.717, 1.165) is 6.07 Å². The van der Waals surface area contributed by atoms with Crippen molar-refractivity contribution in [2.45, 2.75) is 31.0 Å². The lowest BCUT2D eigenvalue weighted by molar-refractivity contribution is -0.148. The quantitative estimate of drug-likeness (QED) is 0.261. The number of aromatic hydroxyl groups is 1. The van der Waals surface area contributed by atoms with Crippen LogP contribution >= 0.6 is 0 Å². The minimum atomic E-state index is -2.77. The number of fused-ring (bicyclic) bond motifs is 3. The standard InChI is InChI=1S/C24H27FN4O8/c1-27-23(36)28-7-9-6-12(30)14-10(16(9)25)4-8-5-11-17(29(2)3)19(32)15(22(26)35)21(34)24(11,37)20(33)13(8)18(14)31/h6,8,11,17,30,32-33,37H,4-5,7H2,1-3H3,(H2,26,35)(H2,27,28,36)/t8-,11-,17-,24-/m0/s1. The molecule has 0 heterocycles. The van der Waals surface area contributed by atoms with Gasteiger partial charge in [-0.2, -0.15) is 0 Å². The fraction of sp³-hybridized carbons (Fsp3) is 0.417. The maximum atomic E-state index is 15.5. The molecule has 1 aromatic rings. The smallest absolute Gasteiger partial charge is 0.314 e. The average molecular weight is 518 g/mol. The number of phenolic OH excluding ortho intramolecular Hbond substituents is 1. The van der Waals surface area contributed by atoms with Crippen molar-refractivity contribution in [3.8, 4) is 5.75 Å². The number of likely N-dealkylation sites (N-methyl/N-ethyl adjacent to an activating group) is 1. The van der Waals surface area contributed by atoms with Crippen LogP contribution in [0.1, 0.15) is 27.9 Å². The van der Waals surface area contributed by atoms with Gasteiger partial charge in [-0.05, 0) is 38.9 Å². The SMILES string of the molecule is CNC(=O)NCc1cc(O)c2c(c1F)C[C@H]1C[C@H]3[C@H](N(C)C)C(O)=C(C(N)=O)C(=O)[C@@]3(O)C(O)=C1C2=O. The molecule has 0 aromatic heterocycles. The molecule has 0 aliphatic heterocycles. The zero-order valence-corrected chi connectivity index (χ0v) is 20.3. The number of nitrogens with one attached hydrogen (secondary N) is 2. The number of rotatable bonds is 4. The summed E-state index contributed by atoms with van der Waals surface area (Å²) >= 11 is 0. The predicted octanol–water partition coefficient (Wildman–Crippen LogP) is -0.311. The van der Waals surface area contributed by atoms with Crippen LogP contribution in [0.4, 0.5) is 9.18 Å². The van der Waals surface area contributed by atoms with E-state index in [1.807, 2.05) is 0 Å². The van der Waals surface area contributed by atoms with Crippen molar-refractivity contribution in [1.29, 1.82) is 0 Å². The van der Waals surface area contributed by atoms with Crippen molar-refractivity contribution >= 4 is 23.5 Å². The van der Waals surface area contributed by atoms with Crippen molar-refractivity contribution in [3.05, 3.63) is 51.2 Å². The maximum absolute atomic E-state index is 15.5. The Morgan fingerprint density at radius 3 is 2.46 bits per heavy atom. The van der Waals surface area contributed by atoms with Crippen molar-refractivity contribution in [3.63, 3.8) is 0 Å². The first-order valence-electron chi connectivity index (χ1n) is 11.4. The highest BCUT2D eigenvalue weighted by Gasteiger charge is 2.63. The first-order chi connectivity index (χ1) is 17.3. The minimum Gasteiger partial charge on any atom is -0.510 e. The number of amides is 3. The number of aliphatic hydroxyl groups excluding tert-OH is 2. The van der Waals surface area contributed by atoms with Crippen molar-refractivity contribution in [1.82, 2.24) is 15.5 Å². The Kier molecular flexibility index (Phi) is 6.24. The van der Waals surface area contributed by atoms with Crippen LogP contribution in [-0.2, 0) is 22.6 Å². The molecule has 198 valence electrons. The molecule has 3 aliphatic rings. The predicted molar refractivity (Wildman–Crippen MR) is 125 cm³/mol. The highest BCUT2D eigenvalue weighted by atomic mass is 19.1. The molecule has 13 heteroatoms. The summed E-state index contributed by atoms with van der Waals surface area (Å²) in [6.07, 6.45) is -0.353. The molecule has 0 fully saturated rings. The molecule has 0 bridgehead atoms. The molecule has 12 nitrogen and oxygen atoms in total. The van der Waals surface area contributed by atoms with E-state index in [0.29, 0.717) is 0 Å². The Labute approximate surface area is 210 Å². The van der Waals surface area contributed by atoms with Gasteiger partial charge in [-0.1, -0.05) is 0 Å². The molecule has 3 aliphatic carbocycles. The lowest BCUT2D eigenvalue weighted by Gasteiger charge is -2.50.